The molecule has 154 valence electrons. The van der Waals surface area contributed by atoms with Crippen molar-refractivity contribution >= 4 is 28.7 Å². The number of rotatable bonds is 2. The number of fused-ring (bicyclic) bond motifs is 2. The van der Waals surface area contributed by atoms with Gasteiger partial charge in [-0.15, -0.1) is 0 Å². The maximum Gasteiger partial charge on any atom is 0.323 e. The average Bonchev–Trinajstić information content (AvgIpc) is 3.33. The Morgan fingerprint density at radius 2 is 2.03 bits per heavy atom. The van der Waals surface area contributed by atoms with Crippen LogP contribution in [0.3, 0.4) is 0 Å². The predicted octanol–water partition coefficient (Wildman–Crippen LogP) is 0.865. The van der Waals surface area contributed by atoms with Crippen molar-refractivity contribution in [3.8, 4) is 17.6 Å². The summed E-state index contributed by atoms with van der Waals surface area (Å²) in [5, 5.41) is 19.8. The minimum absolute atomic E-state index is 0.0136. The molecule has 3 aromatic rings. The van der Waals surface area contributed by atoms with Gasteiger partial charge in [0.15, 0.2) is 0 Å². The van der Waals surface area contributed by atoms with Crippen LogP contribution in [-0.2, 0) is 18.4 Å². The normalized spacial score (nSPS) is 19.8. The molecule has 0 spiro atoms. The molecular weight excluding hydrogens is 398 g/mol. The zero-order valence-corrected chi connectivity index (χ0v) is 16.5. The molecule has 0 bridgehead atoms. The highest BCUT2D eigenvalue weighted by Gasteiger charge is 2.48. The lowest BCUT2D eigenvalue weighted by molar-refractivity contribution is -0.122. The number of carbonyl (C=O) groups excluding carboxylic acids is 3. The Bertz CT molecular complexity index is 1350. The molecule has 0 radical (unpaired) electrons. The smallest absolute Gasteiger partial charge is 0.323 e. The number of aryl methyl sites for hydroxylation is 1. The lowest BCUT2D eigenvalue weighted by atomic mass is 9.99. The van der Waals surface area contributed by atoms with E-state index in [-0.39, 0.29) is 24.7 Å². The zero-order valence-electron chi connectivity index (χ0n) is 16.5. The van der Waals surface area contributed by atoms with Gasteiger partial charge in [0.25, 0.3) is 11.8 Å². The van der Waals surface area contributed by atoms with Crippen molar-refractivity contribution in [2.75, 3.05) is 6.54 Å². The van der Waals surface area contributed by atoms with E-state index in [1.54, 1.807) is 22.9 Å². The standard InChI is InChI=1S/C22H17N5O4/c1-26-10-15-3-2-13(8-18(15)25-26)6-7-22(20(30)23-21(31)24-22)12-27-11-14-4-5-16(28)9-17(14)19(27)29/h2-5,8-10,28H,11-12H2,1H3,(H2,23,24,30,31)/t22-/m1/s1. The number of carbonyl (C=O) groups is 3. The van der Waals surface area contributed by atoms with E-state index < -0.39 is 17.5 Å². The number of urea groups is 1. The van der Waals surface area contributed by atoms with Gasteiger partial charge in [-0.2, -0.15) is 5.10 Å². The van der Waals surface area contributed by atoms with Crippen molar-refractivity contribution < 1.29 is 19.5 Å². The molecule has 3 N–H and O–H groups in total. The van der Waals surface area contributed by atoms with Gasteiger partial charge in [-0.1, -0.05) is 17.9 Å². The first kappa shape index (κ1) is 18.7. The number of nitrogens with one attached hydrogen (secondary N) is 2. The van der Waals surface area contributed by atoms with Crippen LogP contribution in [0.2, 0.25) is 0 Å². The van der Waals surface area contributed by atoms with Crippen LogP contribution in [0.5, 0.6) is 5.75 Å². The Labute approximate surface area is 176 Å². The lowest BCUT2D eigenvalue weighted by Gasteiger charge is -2.26. The minimum atomic E-state index is -1.59. The molecule has 3 heterocycles. The molecule has 1 saturated heterocycles. The van der Waals surface area contributed by atoms with Crippen molar-refractivity contribution in [3.05, 3.63) is 59.3 Å². The molecule has 1 aromatic heterocycles. The minimum Gasteiger partial charge on any atom is -0.508 e. The van der Waals surface area contributed by atoms with Crippen LogP contribution in [0.25, 0.3) is 10.9 Å². The first-order valence-electron chi connectivity index (χ1n) is 9.54. The van der Waals surface area contributed by atoms with Crippen molar-refractivity contribution in [3.63, 3.8) is 0 Å². The Morgan fingerprint density at radius 1 is 1.19 bits per heavy atom. The average molecular weight is 415 g/mol. The number of aromatic hydroxyl groups is 1. The van der Waals surface area contributed by atoms with Crippen molar-refractivity contribution in [2.45, 2.75) is 12.1 Å². The Balaban J connectivity index is 1.48. The second-order valence-corrected chi connectivity index (χ2v) is 7.64. The number of benzene rings is 2. The number of hydrogen-bond donors (Lipinski definition) is 3. The summed E-state index contributed by atoms with van der Waals surface area (Å²) in [7, 11) is 1.82. The van der Waals surface area contributed by atoms with Crippen LogP contribution in [-0.4, -0.2) is 49.7 Å². The third kappa shape index (κ3) is 3.14. The SMILES string of the molecule is Cn1cc2ccc(C#C[C@]3(CN4Cc5ccc(O)cc5C4=O)NC(=O)NC3=O)cc2n1. The molecule has 2 aliphatic heterocycles. The summed E-state index contributed by atoms with van der Waals surface area (Å²) < 4.78 is 1.70. The van der Waals surface area contributed by atoms with Gasteiger partial charge >= 0.3 is 6.03 Å². The van der Waals surface area contributed by atoms with E-state index in [0.29, 0.717) is 11.1 Å². The van der Waals surface area contributed by atoms with Crippen LogP contribution in [0.1, 0.15) is 21.5 Å². The molecule has 1 fully saturated rings. The molecule has 9 nitrogen and oxygen atoms in total. The summed E-state index contributed by atoms with van der Waals surface area (Å²) in [6.07, 6.45) is 1.88. The van der Waals surface area contributed by atoms with Crippen molar-refractivity contribution in [1.29, 1.82) is 0 Å². The van der Waals surface area contributed by atoms with Gasteiger partial charge in [0.05, 0.1) is 12.1 Å². The molecule has 5 rings (SSSR count). The fourth-order valence-corrected chi connectivity index (χ4v) is 3.89. The maximum atomic E-state index is 12.8. The molecule has 2 aliphatic rings. The maximum absolute atomic E-state index is 12.8. The number of amides is 4. The third-order valence-electron chi connectivity index (χ3n) is 5.38. The number of imide groups is 1. The Kier molecular flexibility index (Phi) is 3.98. The van der Waals surface area contributed by atoms with E-state index in [9.17, 15) is 19.5 Å². The van der Waals surface area contributed by atoms with Gasteiger partial charge in [-0.05, 0) is 35.9 Å². The molecule has 9 heteroatoms. The number of aromatic nitrogens is 2. The summed E-state index contributed by atoms with van der Waals surface area (Å²) in [6, 6.07) is 9.37. The monoisotopic (exact) mass is 415 g/mol. The van der Waals surface area contributed by atoms with Gasteiger partial charge in [0, 0.05) is 36.3 Å². The molecule has 0 unspecified atom stereocenters. The second-order valence-electron chi connectivity index (χ2n) is 7.64. The summed E-state index contributed by atoms with van der Waals surface area (Å²) in [4.78, 5) is 38.8. The van der Waals surface area contributed by atoms with E-state index in [2.05, 4.69) is 27.6 Å². The topological polar surface area (TPSA) is 117 Å². The second kappa shape index (κ2) is 6.60. The van der Waals surface area contributed by atoms with E-state index in [0.717, 1.165) is 16.5 Å². The highest BCUT2D eigenvalue weighted by Crippen LogP contribution is 2.28. The molecule has 0 aliphatic carbocycles. The van der Waals surface area contributed by atoms with E-state index in [1.807, 2.05) is 19.3 Å². The van der Waals surface area contributed by atoms with E-state index in [4.69, 9.17) is 0 Å². The van der Waals surface area contributed by atoms with Crippen LogP contribution < -0.4 is 10.6 Å². The molecule has 1 atom stereocenters. The molecule has 31 heavy (non-hydrogen) atoms. The van der Waals surface area contributed by atoms with Crippen LogP contribution in [0.15, 0.2) is 42.6 Å². The van der Waals surface area contributed by atoms with Gasteiger partial charge in [0.2, 0.25) is 5.54 Å². The van der Waals surface area contributed by atoms with Gasteiger partial charge in [0.1, 0.15) is 5.75 Å². The highest BCUT2D eigenvalue weighted by atomic mass is 16.3. The Hall–Kier alpha value is -4.32. The largest absolute Gasteiger partial charge is 0.508 e. The fraction of sp³-hybridized carbons (Fsp3) is 0.182. The molecular formula is C22H17N5O4. The number of hydrogen-bond acceptors (Lipinski definition) is 5. The number of phenols is 1. The third-order valence-corrected chi connectivity index (χ3v) is 5.38. The summed E-state index contributed by atoms with van der Waals surface area (Å²) in [5.74, 6) is 4.86. The fourth-order valence-electron chi connectivity index (χ4n) is 3.89. The summed E-state index contributed by atoms with van der Waals surface area (Å²) in [6.45, 7) is 0.124. The van der Waals surface area contributed by atoms with Crippen molar-refractivity contribution in [1.82, 2.24) is 25.3 Å². The lowest BCUT2D eigenvalue weighted by Crippen LogP contribution is -2.54. The summed E-state index contributed by atoms with van der Waals surface area (Å²) in [5.41, 5.74) is 0.897. The predicted molar refractivity (Wildman–Crippen MR) is 110 cm³/mol. The molecule has 0 saturated carbocycles. The number of nitrogens with zero attached hydrogens (tertiary/aromatic N) is 3. The van der Waals surface area contributed by atoms with Crippen LogP contribution in [0.4, 0.5) is 4.79 Å². The number of phenolic OH excluding ortho intramolecular Hbond substituents is 1. The first-order valence-corrected chi connectivity index (χ1v) is 9.54. The van der Waals surface area contributed by atoms with Gasteiger partial charge < -0.3 is 15.3 Å². The Morgan fingerprint density at radius 3 is 2.81 bits per heavy atom. The van der Waals surface area contributed by atoms with Crippen LogP contribution >= 0.6 is 0 Å². The zero-order chi connectivity index (χ0) is 21.8. The first-order chi connectivity index (χ1) is 14.8. The quantitative estimate of drug-likeness (QED) is 0.424. The van der Waals surface area contributed by atoms with Gasteiger partial charge in [-0.3, -0.25) is 19.6 Å². The summed E-state index contributed by atoms with van der Waals surface area (Å²) >= 11 is 0. The highest BCUT2D eigenvalue weighted by molar-refractivity contribution is 6.10. The van der Waals surface area contributed by atoms with Crippen molar-refractivity contribution in [2.24, 2.45) is 7.05 Å². The van der Waals surface area contributed by atoms with E-state index in [1.165, 1.54) is 17.0 Å². The van der Waals surface area contributed by atoms with Crippen LogP contribution in [0, 0.1) is 11.8 Å². The van der Waals surface area contributed by atoms with Gasteiger partial charge in [-0.25, -0.2) is 4.79 Å². The molecule has 2 aromatic carbocycles. The molecule has 4 amide bonds. The van der Waals surface area contributed by atoms with E-state index >= 15 is 0 Å².